The molecule has 7 nitrogen and oxygen atoms in total. The molecule has 42 heavy (non-hydrogen) atoms. The number of nitrogens with zero attached hydrogens (tertiary/aromatic N) is 4. The number of likely N-dealkylation sites (tertiary alicyclic amines) is 1. The maximum Gasteiger partial charge on any atom is 0.410 e. The number of imidazole rings is 1. The highest BCUT2D eigenvalue weighted by Gasteiger charge is 2.35. The highest BCUT2D eigenvalue weighted by molar-refractivity contribution is 6.00. The van der Waals surface area contributed by atoms with Gasteiger partial charge < -0.3 is 18.9 Å². The standard InChI is InChI=1S/C33H40F2N4O3/c1-22-18-39(32(40)42-33(2,3)4)20-25(22)17-36-30(24-12-14-41-15-13-24)31-37-29(27-16-26(34)10-11-28(27)35)21-38(31)19-23-8-6-5-7-9-23/h5-11,16,21-22,24-25H,12-15,17-20H2,1-4H3/t22?,25-/m1/s1. The van der Waals surface area contributed by atoms with Crippen LogP contribution in [-0.2, 0) is 16.0 Å². The Labute approximate surface area is 246 Å². The van der Waals surface area contributed by atoms with Crippen molar-refractivity contribution in [3.8, 4) is 11.3 Å². The number of ether oxygens (including phenoxy) is 2. The van der Waals surface area contributed by atoms with Crippen LogP contribution in [0.25, 0.3) is 11.3 Å². The molecule has 0 saturated carbocycles. The van der Waals surface area contributed by atoms with Crippen LogP contribution in [0.3, 0.4) is 0 Å². The first-order chi connectivity index (χ1) is 20.1. The van der Waals surface area contributed by atoms with E-state index in [1.807, 2.05) is 55.7 Å². The number of halogens is 2. The molecular formula is C33H40F2N4O3. The third-order valence-electron chi connectivity index (χ3n) is 7.93. The van der Waals surface area contributed by atoms with Gasteiger partial charge in [0, 0.05) is 63.0 Å². The molecule has 0 radical (unpaired) electrons. The summed E-state index contributed by atoms with van der Waals surface area (Å²) in [6.45, 7) is 11.2. The first kappa shape index (κ1) is 29.9. The van der Waals surface area contributed by atoms with Crippen LogP contribution in [0.1, 0.15) is 51.9 Å². The number of aromatic nitrogens is 2. The fourth-order valence-electron chi connectivity index (χ4n) is 5.66. The van der Waals surface area contributed by atoms with Crippen LogP contribution in [0.2, 0.25) is 0 Å². The summed E-state index contributed by atoms with van der Waals surface area (Å²) in [6.07, 6.45) is 3.08. The zero-order valence-electron chi connectivity index (χ0n) is 24.9. The fraction of sp³-hybridized carbons (Fsp3) is 0.485. The lowest BCUT2D eigenvalue weighted by Gasteiger charge is -2.25. The highest BCUT2D eigenvalue weighted by Crippen LogP contribution is 2.29. The van der Waals surface area contributed by atoms with E-state index in [1.165, 1.54) is 6.07 Å². The average Bonchev–Trinajstić information content (AvgIpc) is 3.54. The summed E-state index contributed by atoms with van der Waals surface area (Å²) < 4.78 is 42.3. The van der Waals surface area contributed by atoms with E-state index in [4.69, 9.17) is 19.5 Å². The lowest BCUT2D eigenvalue weighted by molar-refractivity contribution is 0.0285. The molecule has 0 bridgehead atoms. The Morgan fingerprint density at radius 1 is 1.10 bits per heavy atom. The molecule has 1 aromatic heterocycles. The van der Waals surface area contributed by atoms with Crippen molar-refractivity contribution in [2.24, 2.45) is 22.7 Å². The van der Waals surface area contributed by atoms with E-state index < -0.39 is 17.2 Å². The van der Waals surface area contributed by atoms with Gasteiger partial charge in [-0.2, -0.15) is 0 Å². The molecule has 9 heteroatoms. The molecule has 0 spiro atoms. The fourth-order valence-corrected chi connectivity index (χ4v) is 5.66. The molecule has 0 N–H and O–H groups in total. The first-order valence-electron chi connectivity index (χ1n) is 14.7. The zero-order valence-corrected chi connectivity index (χ0v) is 24.9. The third-order valence-corrected chi connectivity index (χ3v) is 7.93. The Bertz CT molecular complexity index is 1410. The first-order valence-corrected chi connectivity index (χ1v) is 14.7. The smallest absolute Gasteiger partial charge is 0.410 e. The van der Waals surface area contributed by atoms with Gasteiger partial charge in [0.25, 0.3) is 0 Å². The molecule has 1 unspecified atom stereocenters. The van der Waals surface area contributed by atoms with Gasteiger partial charge in [-0.15, -0.1) is 0 Å². The van der Waals surface area contributed by atoms with Gasteiger partial charge in [0.1, 0.15) is 17.2 Å². The van der Waals surface area contributed by atoms with E-state index in [-0.39, 0.29) is 29.4 Å². The SMILES string of the molecule is CC1CN(C(=O)OC(C)(C)C)C[C@H]1CN=C(c1nc(-c2cc(F)ccc2F)cn1Cc1ccccc1)C1CCOCC1. The Morgan fingerprint density at radius 2 is 1.83 bits per heavy atom. The minimum Gasteiger partial charge on any atom is -0.444 e. The van der Waals surface area contributed by atoms with Crippen LogP contribution < -0.4 is 0 Å². The van der Waals surface area contributed by atoms with E-state index in [2.05, 4.69) is 6.92 Å². The lowest BCUT2D eigenvalue weighted by atomic mass is 9.93. The predicted molar refractivity (Wildman–Crippen MR) is 159 cm³/mol. The summed E-state index contributed by atoms with van der Waals surface area (Å²) in [5.41, 5.74) is 1.84. The van der Waals surface area contributed by atoms with E-state index in [0.29, 0.717) is 50.9 Å². The number of hydrogen-bond acceptors (Lipinski definition) is 5. The van der Waals surface area contributed by atoms with E-state index in [0.717, 1.165) is 36.2 Å². The molecule has 1 amide bonds. The molecule has 3 aromatic rings. The van der Waals surface area contributed by atoms with Crippen LogP contribution in [0.15, 0.2) is 59.7 Å². The van der Waals surface area contributed by atoms with Crippen molar-refractivity contribution in [1.82, 2.24) is 14.5 Å². The maximum absolute atomic E-state index is 14.9. The molecular weight excluding hydrogens is 538 g/mol. The van der Waals surface area contributed by atoms with Gasteiger partial charge in [-0.1, -0.05) is 37.3 Å². The van der Waals surface area contributed by atoms with Gasteiger partial charge in [-0.25, -0.2) is 18.6 Å². The predicted octanol–water partition coefficient (Wildman–Crippen LogP) is 6.60. The molecule has 0 aliphatic carbocycles. The van der Waals surface area contributed by atoms with Crippen molar-refractivity contribution in [1.29, 1.82) is 0 Å². The Kier molecular flexibility index (Phi) is 9.06. The molecule has 224 valence electrons. The Morgan fingerprint density at radius 3 is 2.55 bits per heavy atom. The van der Waals surface area contributed by atoms with E-state index in [9.17, 15) is 13.6 Å². The van der Waals surface area contributed by atoms with Gasteiger partial charge in [0.05, 0.1) is 11.4 Å². The molecule has 2 saturated heterocycles. The van der Waals surface area contributed by atoms with Crippen LogP contribution in [0.4, 0.5) is 13.6 Å². The molecule has 2 aliphatic rings. The molecule has 2 aliphatic heterocycles. The van der Waals surface area contributed by atoms with Crippen LogP contribution in [0.5, 0.6) is 0 Å². The number of carbonyl (C=O) groups is 1. The van der Waals surface area contributed by atoms with Crippen molar-refractivity contribution in [2.75, 3.05) is 32.8 Å². The average molecular weight is 579 g/mol. The largest absolute Gasteiger partial charge is 0.444 e. The Hall–Kier alpha value is -3.59. The number of hydrogen-bond donors (Lipinski definition) is 0. The summed E-state index contributed by atoms with van der Waals surface area (Å²) in [6, 6.07) is 13.4. The summed E-state index contributed by atoms with van der Waals surface area (Å²) in [5.74, 6) is 0.120. The number of rotatable bonds is 7. The lowest BCUT2D eigenvalue weighted by Crippen LogP contribution is -2.35. The molecule has 3 heterocycles. The van der Waals surface area contributed by atoms with Crippen LogP contribution in [0, 0.1) is 29.4 Å². The normalized spacial score (nSPS) is 20.2. The molecule has 2 fully saturated rings. The van der Waals surface area contributed by atoms with E-state index >= 15 is 0 Å². The summed E-state index contributed by atoms with van der Waals surface area (Å²) in [7, 11) is 0. The molecule has 2 aromatic carbocycles. The van der Waals surface area contributed by atoms with Crippen molar-refractivity contribution in [3.63, 3.8) is 0 Å². The van der Waals surface area contributed by atoms with Crippen molar-refractivity contribution >= 4 is 11.8 Å². The summed E-state index contributed by atoms with van der Waals surface area (Å²) in [4.78, 5) is 24.6. The van der Waals surface area contributed by atoms with Gasteiger partial charge in [-0.3, -0.25) is 4.99 Å². The van der Waals surface area contributed by atoms with Crippen LogP contribution >= 0.6 is 0 Å². The maximum atomic E-state index is 14.9. The number of aliphatic imine (C=N–C) groups is 1. The zero-order chi connectivity index (χ0) is 29.9. The summed E-state index contributed by atoms with van der Waals surface area (Å²) in [5, 5.41) is 0. The summed E-state index contributed by atoms with van der Waals surface area (Å²) >= 11 is 0. The van der Waals surface area contributed by atoms with Crippen molar-refractivity contribution < 1.29 is 23.0 Å². The second kappa shape index (κ2) is 12.7. The second-order valence-corrected chi connectivity index (χ2v) is 12.4. The topological polar surface area (TPSA) is 69.0 Å². The number of benzene rings is 2. The third kappa shape index (κ3) is 7.24. The van der Waals surface area contributed by atoms with Crippen molar-refractivity contribution in [3.05, 3.63) is 77.8 Å². The molecule has 5 rings (SSSR count). The van der Waals surface area contributed by atoms with Crippen LogP contribution in [-0.4, -0.2) is 64.7 Å². The van der Waals surface area contributed by atoms with Gasteiger partial charge in [-0.05, 0) is 63.3 Å². The Balaban J connectivity index is 1.50. The number of amides is 1. The highest BCUT2D eigenvalue weighted by atomic mass is 19.1. The second-order valence-electron chi connectivity index (χ2n) is 12.4. The minimum absolute atomic E-state index is 0.111. The quantitative estimate of drug-likeness (QED) is 0.297. The van der Waals surface area contributed by atoms with Crippen molar-refractivity contribution in [2.45, 2.75) is 52.7 Å². The monoisotopic (exact) mass is 578 g/mol. The van der Waals surface area contributed by atoms with Gasteiger partial charge >= 0.3 is 6.09 Å². The molecule has 2 atom stereocenters. The minimum atomic E-state index is -0.554. The van der Waals surface area contributed by atoms with Gasteiger partial charge in [0.2, 0.25) is 0 Å². The number of carbonyl (C=O) groups excluding carboxylic acids is 1. The van der Waals surface area contributed by atoms with E-state index in [1.54, 1.807) is 11.1 Å². The van der Waals surface area contributed by atoms with Gasteiger partial charge in [0.15, 0.2) is 5.82 Å².